The third-order valence-electron chi connectivity index (χ3n) is 3.29. The predicted molar refractivity (Wildman–Crippen MR) is 61.8 cm³/mol. The molecule has 8 nitrogen and oxygen atoms in total. The summed E-state index contributed by atoms with van der Waals surface area (Å²) in [5.74, 6) is -1.64. The van der Waals surface area contributed by atoms with Gasteiger partial charge in [0.25, 0.3) is 5.91 Å². The summed E-state index contributed by atoms with van der Waals surface area (Å²) in [6, 6.07) is -0.849. The van der Waals surface area contributed by atoms with Crippen molar-refractivity contribution in [1.82, 2.24) is 4.90 Å². The lowest BCUT2D eigenvalue weighted by molar-refractivity contribution is -0.497. The van der Waals surface area contributed by atoms with E-state index in [0.717, 1.165) is 0 Å². The van der Waals surface area contributed by atoms with E-state index in [-0.39, 0.29) is 12.3 Å². The SMILES string of the molecule is CC(OC(=O)C1CC1[N+](=O)[O-])C(=O)N1CCOCC1. The molecule has 2 fully saturated rings. The van der Waals surface area contributed by atoms with E-state index in [4.69, 9.17) is 9.47 Å². The van der Waals surface area contributed by atoms with Gasteiger partial charge in [0.15, 0.2) is 6.10 Å². The number of nitro groups is 1. The zero-order valence-electron chi connectivity index (χ0n) is 10.6. The van der Waals surface area contributed by atoms with Crippen molar-refractivity contribution in [2.45, 2.75) is 25.5 Å². The van der Waals surface area contributed by atoms with Crippen LogP contribution in [-0.2, 0) is 19.1 Å². The Balaban J connectivity index is 1.80. The topological polar surface area (TPSA) is 99.0 Å². The molecule has 1 aliphatic heterocycles. The van der Waals surface area contributed by atoms with Crippen LogP contribution >= 0.6 is 0 Å². The van der Waals surface area contributed by atoms with Gasteiger partial charge in [-0.25, -0.2) is 0 Å². The second-order valence-electron chi connectivity index (χ2n) is 4.71. The Morgan fingerprint density at radius 3 is 2.58 bits per heavy atom. The van der Waals surface area contributed by atoms with Gasteiger partial charge < -0.3 is 14.4 Å². The van der Waals surface area contributed by atoms with E-state index in [9.17, 15) is 19.7 Å². The highest BCUT2D eigenvalue weighted by atomic mass is 16.6. The zero-order chi connectivity index (χ0) is 14.0. The maximum absolute atomic E-state index is 12.0. The molecule has 1 aliphatic carbocycles. The van der Waals surface area contributed by atoms with Crippen LogP contribution in [-0.4, -0.2) is 60.1 Å². The van der Waals surface area contributed by atoms with Crippen molar-refractivity contribution >= 4 is 11.9 Å². The first kappa shape index (κ1) is 13.7. The summed E-state index contributed by atoms with van der Waals surface area (Å²) >= 11 is 0. The lowest BCUT2D eigenvalue weighted by Crippen LogP contribution is -2.46. The molecule has 0 N–H and O–H groups in total. The van der Waals surface area contributed by atoms with Crippen molar-refractivity contribution in [3.8, 4) is 0 Å². The first-order valence-electron chi connectivity index (χ1n) is 6.21. The fourth-order valence-electron chi connectivity index (χ4n) is 2.02. The smallest absolute Gasteiger partial charge is 0.316 e. The van der Waals surface area contributed by atoms with Crippen molar-refractivity contribution in [1.29, 1.82) is 0 Å². The highest BCUT2D eigenvalue weighted by Gasteiger charge is 2.55. The van der Waals surface area contributed by atoms with Gasteiger partial charge >= 0.3 is 5.97 Å². The quantitative estimate of drug-likeness (QED) is 0.386. The van der Waals surface area contributed by atoms with Crippen molar-refractivity contribution in [3.05, 3.63) is 10.1 Å². The molecule has 1 saturated carbocycles. The highest BCUT2D eigenvalue weighted by Crippen LogP contribution is 2.34. The molecule has 106 valence electrons. The van der Waals surface area contributed by atoms with Gasteiger partial charge in [0, 0.05) is 24.4 Å². The van der Waals surface area contributed by atoms with Gasteiger partial charge in [-0.15, -0.1) is 0 Å². The number of esters is 1. The average Bonchev–Trinajstić information content (AvgIpc) is 3.19. The molecular weight excluding hydrogens is 256 g/mol. The third-order valence-corrected chi connectivity index (χ3v) is 3.29. The fourth-order valence-corrected chi connectivity index (χ4v) is 2.02. The molecule has 0 aromatic heterocycles. The second kappa shape index (κ2) is 5.52. The van der Waals surface area contributed by atoms with Gasteiger partial charge in [-0.3, -0.25) is 19.7 Å². The molecule has 0 aromatic rings. The Morgan fingerprint density at radius 2 is 2.05 bits per heavy atom. The maximum atomic E-state index is 12.0. The van der Waals surface area contributed by atoms with Gasteiger partial charge in [-0.1, -0.05) is 0 Å². The van der Waals surface area contributed by atoms with Gasteiger partial charge in [-0.2, -0.15) is 0 Å². The summed E-state index contributed by atoms with van der Waals surface area (Å²) in [5.41, 5.74) is 0. The first-order valence-corrected chi connectivity index (χ1v) is 6.21. The number of ether oxygens (including phenoxy) is 2. The number of morpholine rings is 1. The number of amides is 1. The Kier molecular flexibility index (Phi) is 3.98. The summed E-state index contributed by atoms with van der Waals surface area (Å²) in [5, 5.41) is 10.5. The van der Waals surface area contributed by atoms with Gasteiger partial charge in [0.1, 0.15) is 5.92 Å². The summed E-state index contributed by atoms with van der Waals surface area (Å²) < 4.78 is 10.1. The Labute approximate surface area is 109 Å². The zero-order valence-corrected chi connectivity index (χ0v) is 10.6. The normalized spacial score (nSPS) is 27.5. The molecule has 19 heavy (non-hydrogen) atoms. The monoisotopic (exact) mass is 272 g/mol. The number of rotatable bonds is 4. The second-order valence-corrected chi connectivity index (χ2v) is 4.71. The lowest BCUT2D eigenvalue weighted by atomic mass is 10.3. The molecule has 0 spiro atoms. The molecule has 1 amide bonds. The summed E-state index contributed by atoms with van der Waals surface area (Å²) in [6.07, 6.45) is -0.705. The van der Waals surface area contributed by atoms with Crippen LogP contribution in [0.25, 0.3) is 0 Å². The molecule has 0 bridgehead atoms. The van der Waals surface area contributed by atoms with E-state index in [2.05, 4.69) is 0 Å². The van der Waals surface area contributed by atoms with Crippen molar-refractivity contribution < 1.29 is 24.0 Å². The minimum atomic E-state index is -0.904. The number of hydrogen-bond donors (Lipinski definition) is 0. The number of hydrogen-bond acceptors (Lipinski definition) is 6. The Bertz CT molecular complexity index is 393. The maximum Gasteiger partial charge on any atom is 0.316 e. The first-order chi connectivity index (χ1) is 9.00. The lowest BCUT2D eigenvalue weighted by Gasteiger charge is -2.28. The van der Waals surface area contributed by atoms with E-state index < -0.39 is 29.0 Å². The molecule has 0 radical (unpaired) electrons. The van der Waals surface area contributed by atoms with Crippen LogP contribution in [0.4, 0.5) is 0 Å². The molecular formula is C11H16N2O6. The van der Waals surface area contributed by atoms with Gasteiger partial charge in [0.2, 0.25) is 6.04 Å². The van der Waals surface area contributed by atoms with Crippen LogP contribution in [0.3, 0.4) is 0 Å². The van der Waals surface area contributed by atoms with E-state index in [1.165, 1.54) is 6.92 Å². The van der Waals surface area contributed by atoms with Gasteiger partial charge in [-0.05, 0) is 6.92 Å². The third kappa shape index (κ3) is 3.19. The van der Waals surface area contributed by atoms with Crippen molar-refractivity contribution in [2.75, 3.05) is 26.3 Å². The standard InChI is InChI=1S/C11H16N2O6/c1-7(10(14)12-2-4-18-5-3-12)19-11(15)8-6-9(8)13(16)17/h7-9H,2-6H2,1H3. The van der Waals surface area contributed by atoms with Crippen LogP contribution < -0.4 is 0 Å². The number of carbonyl (C=O) groups excluding carboxylic acids is 2. The van der Waals surface area contributed by atoms with Gasteiger partial charge in [0.05, 0.1) is 13.2 Å². The largest absolute Gasteiger partial charge is 0.452 e. The van der Waals surface area contributed by atoms with Crippen LogP contribution in [0.1, 0.15) is 13.3 Å². The highest BCUT2D eigenvalue weighted by molar-refractivity contribution is 5.85. The summed E-state index contributed by atoms with van der Waals surface area (Å²) in [6.45, 7) is 3.37. The fraction of sp³-hybridized carbons (Fsp3) is 0.818. The number of nitrogens with zero attached hydrogens (tertiary/aromatic N) is 2. The number of carbonyl (C=O) groups is 2. The van der Waals surface area contributed by atoms with Crippen molar-refractivity contribution in [2.24, 2.45) is 5.92 Å². The minimum Gasteiger partial charge on any atom is -0.452 e. The van der Waals surface area contributed by atoms with Crippen LogP contribution in [0.2, 0.25) is 0 Å². The van der Waals surface area contributed by atoms with Crippen LogP contribution in [0, 0.1) is 16.0 Å². The Hall–Kier alpha value is -1.70. The molecule has 3 atom stereocenters. The summed E-state index contributed by atoms with van der Waals surface area (Å²) in [7, 11) is 0. The average molecular weight is 272 g/mol. The Morgan fingerprint density at radius 1 is 1.42 bits per heavy atom. The van der Waals surface area contributed by atoms with Crippen molar-refractivity contribution in [3.63, 3.8) is 0 Å². The molecule has 2 aliphatic rings. The van der Waals surface area contributed by atoms with E-state index in [1.807, 2.05) is 0 Å². The molecule has 1 heterocycles. The van der Waals surface area contributed by atoms with E-state index in [0.29, 0.717) is 26.3 Å². The minimum absolute atomic E-state index is 0.199. The molecule has 2 rings (SSSR count). The van der Waals surface area contributed by atoms with E-state index >= 15 is 0 Å². The molecule has 3 unspecified atom stereocenters. The van der Waals surface area contributed by atoms with Crippen LogP contribution in [0.5, 0.6) is 0 Å². The van der Waals surface area contributed by atoms with E-state index in [1.54, 1.807) is 4.90 Å². The molecule has 0 aromatic carbocycles. The molecule has 1 saturated heterocycles. The summed E-state index contributed by atoms with van der Waals surface area (Å²) in [4.78, 5) is 35.1. The van der Waals surface area contributed by atoms with Crippen LogP contribution in [0.15, 0.2) is 0 Å². The predicted octanol–water partition coefficient (Wildman–Crippen LogP) is -0.558. The molecule has 8 heteroatoms.